The lowest BCUT2D eigenvalue weighted by atomic mass is 9.50. The molecule has 0 N–H and O–H groups in total. The summed E-state index contributed by atoms with van der Waals surface area (Å²) in [5.41, 5.74) is -1.51. The number of carbonyl (C=O) groups excluding carboxylic acids is 3. The Kier molecular flexibility index (Phi) is 4.39. The van der Waals surface area contributed by atoms with E-state index in [9.17, 15) is 14.4 Å². The molecular weight excluding hydrogens is 399 g/mol. The molecule has 5 rings (SSSR count). The van der Waals surface area contributed by atoms with E-state index in [2.05, 4.69) is 19.9 Å². The normalized spacial score (nSPS) is 45.9. The van der Waals surface area contributed by atoms with Gasteiger partial charge in [-0.15, -0.1) is 0 Å². The number of hydrogen-bond acceptors (Lipinski definition) is 5. The van der Waals surface area contributed by atoms with Gasteiger partial charge >= 0.3 is 17.6 Å². The van der Waals surface area contributed by atoms with Gasteiger partial charge in [0.1, 0.15) is 5.60 Å². The van der Waals surface area contributed by atoms with E-state index in [0.717, 1.165) is 25.7 Å². The van der Waals surface area contributed by atoms with E-state index in [1.807, 2.05) is 6.08 Å². The van der Waals surface area contributed by atoms with Gasteiger partial charge in [0.15, 0.2) is 5.78 Å². The zero-order valence-electron chi connectivity index (χ0n) is 18.6. The molecular formula is C25H31FO5. The lowest BCUT2D eigenvalue weighted by Gasteiger charge is -2.54. The number of fused-ring (bicyclic) bond motifs is 6. The van der Waals surface area contributed by atoms with Crippen LogP contribution in [0.3, 0.4) is 0 Å². The topological polar surface area (TPSA) is 69.7 Å². The Bertz CT molecular complexity index is 936. The summed E-state index contributed by atoms with van der Waals surface area (Å²) in [6.45, 7) is 6.00. The number of halogens is 1. The average molecular weight is 431 g/mol. The highest BCUT2D eigenvalue weighted by molar-refractivity contribution is 6.05. The number of esters is 2. The molecule has 6 heteroatoms. The number of allylic oxidation sites excluding steroid dienone is 4. The summed E-state index contributed by atoms with van der Waals surface area (Å²) >= 11 is 0. The molecule has 5 aliphatic rings. The molecule has 3 fully saturated rings. The van der Waals surface area contributed by atoms with Gasteiger partial charge in [0, 0.05) is 23.7 Å². The van der Waals surface area contributed by atoms with Crippen LogP contribution in [0.2, 0.25) is 0 Å². The molecule has 0 amide bonds. The van der Waals surface area contributed by atoms with Crippen LogP contribution in [0.4, 0.5) is 4.39 Å². The Morgan fingerprint density at radius 1 is 1.23 bits per heavy atom. The molecule has 31 heavy (non-hydrogen) atoms. The van der Waals surface area contributed by atoms with Gasteiger partial charge in [-0.05, 0) is 63.4 Å². The molecule has 0 aromatic rings. The number of ether oxygens (including phenoxy) is 2. The summed E-state index contributed by atoms with van der Waals surface area (Å²) < 4.78 is 26.2. The molecule has 1 saturated heterocycles. The van der Waals surface area contributed by atoms with Crippen LogP contribution in [0, 0.1) is 22.7 Å². The van der Waals surface area contributed by atoms with Crippen molar-refractivity contribution in [3.05, 3.63) is 23.3 Å². The summed E-state index contributed by atoms with van der Waals surface area (Å²) in [6, 6.07) is 0. The lowest BCUT2D eigenvalue weighted by molar-refractivity contribution is -0.170. The summed E-state index contributed by atoms with van der Waals surface area (Å²) in [5, 5.41) is 0. The first kappa shape index (κ1) is 20.9. The first-order valence-corrected chi connectivity index (χ1v) is 11.6. The van der Waals surface area contributed by atoms with E-state index >= 15 is 4.39 Å². The number of carbonyl (C=O) groups is 3. The Morgan fingerprint density at radius 3 is 2.74 bits per heavy atom. The zero-order chi connectivity index (χ0) is 22.2. The molecule has 5 nitrogen and oxygen atoms in total. The third-order valence-corrected chi connectivity index (χ3v) is 9.37. The lowest BCUT2D eigenvalue weighted by Crippen LogP contribution is -2.51. The highest BCUT2D eigenvalue weighted by atomic mass is 19.1. The summed E-state index contributed by atoms with van der Waals surface area (Å²) in [5.74, 6) is -1.38. The van der Waals surface area contributed by atoms with Crippen LogP contribution in [0.1, 0.15) is 72.1 Å². The molecule has 0 aromatic heterocycles. The van der Waals surface area contributed by atoms with Gasteiger partial charge in [0.2, 0.25) is 0 Å². The van der Waals surface area contributed by atoms with Gasteiger partial charge in [-0.1, -0.05) is 31.1 Å². The Hall–Kier alpha value is -1.98. The highest BCUT2D eigenvalue weighted by Gasteiger charge is 2.73. The maximum Gasteiger partial charge on any atom is 0.356 e. The van der Waals surface area contributed by atoms with E-state index in [-0.39, 0.29) is 30.1 Å². The summed E-state index contributed by atoms with van der Waals surface area (Å²) in [6.07, 6.45) is 9.29. The minimum atomic E-state index is -2.71. The predicted octanol–water partition coefficient (Wildman–Crippen LogP) is 4.40. The van der Waals surface area contributed by atoms with Crippen LogP contribution >= 0.6 is 0 Å². The van der Waals surface area contributed by atoms with Gasteiger partial charge < -0.3 is 9.47 Å². The first-order chi connectivity index (χ1) is 14.6. The van der Waals surface area contributed by atoms with Crippen LogP contribution in [0.15, 0.2) is 23.3 Å². The minimum absolute atomic E-state index is 0.0236. The highest BCUT2D eigenvalue weighted by Crippen LogP contribution is 2.69. The summed E-state index contributed by atoms with van der Waals surface area (Å²) in [4.78, 5) is 36.9. The maximum atomic E-state index is 15.6. The number of ketones is 1. The molecule has 0 radical (unpaired) electrons. The standard InChI is InChI=1S/C25H31FO5/c1-4-30-20(28)25(26)14-24(31-21(25)29)12-9-19-17-6-5-15-13-16(27)7-10-22(15,2)18(17)8-11-23(19,24)3/h8,13,17,19H,4-7,9-12,14H2,1-3H3/t17?,19?,22-,23-,24+,25?/m0/s1. The molecule has 1 aliphatic heterocycles. The summed E-state index contributed by atoms with van der Waals surface area (Å²) in [7, 11) is 0. The van der Waals surface area contributed by atoms with Gasteiger partial charge in [0.25, 0.3) is 0 Å². The van der Waals surface area contributed by atoms with Crippen molar-refractivity contribution in [2.45, 2.75) is 83.4 Å². The molecule has 3 unspecified atom stereocenters. The van der Waals surface area contributed by atoms with Crippen LogP contribution in [0.5, 0.6) is 0 Å². The van der Waals surface area contributed by atoms with E-state index in [1.54, 1.807) is 6.92 Å². The van der Waals surface area contributed by atoms with Gasteiger partial charge in [-0.3, -0.25) is 4.79 Å². The van der Waals surface area contributed by atoms with Crippen molar-refractivity contribution in [3.8, 4) is 0 Å². The average Bonchev–Trinajstić information content (AvgIpc) is 3.16. The first-order valence-electron chi connectivity index (χ1n) is 11.6. The van der Waals surface area contributed by atoms with Crippen molar-refractivity contribution in [2.24, 2.45) is 22.7 Å². The third-order valence-electron chi connectivity index (χ3n) is 9.37. The SMILES string of the molecule is CCOC(=O)C1(F)C[C@@]2(CCC3C4CCC5=CC(=O)CC[C@]5(C)C4=CC[C@@]32C)OC1=O. The predicted molar refractivity (Wildman–Crippen MR) is 111 cm³/mol. The number of alkyl halides is 1. The molecule has 4 aliphatic carbocycles. The van der Waals surface area contributed by atoms with Gasteiger partial charge in [-0.25, -0.2) is 14.0 Å². The van der Waals surface area contributed by atoms with Crippen molar-refractivity contribution in [2.75, 3.05) is 6.61 Å². The fourth-order valence-corrected chi connectivity index (χ4v) is 7.56. The van der Waals surface area contributed by atoms with Gasteiger partial charge in [0.05, 0.1) is 6.61 Å². The molecule has 2 saturated carbocycles. The Labute approximate surface area is 182 Å². The molecule has 1 heterocycles. The smallest absolute Gasteiger partial charge is 0.356 e. The molecule has 0 aromatic carbocycles. The van der Waals surface area contributed by atoms with E-state index < -0.39 is 28.6 Å². The van der Waals surface area contributed by atoms with Crippen molar-refractivity contribution in [1.29, 1.82) is 0 Å². The zero-order valence-corrected chi connectivity index (χ0v) is 18.6. The fraction of sp³-hybridized carbons (Fsp3) is 0.720. The van der Waals surface area contributed by atoms with Crippen molar-refractivity contribution in [1.82, 2.24) is 0 Å². The second-order valence-electron chi connectivity index (χ2n) is 10.6. The molecule has 0 bridgehead atoms. The van der Waals surface area contributed by atoms with Crippen molar-refractivity contribution in [3.63, 3.8) is 0 Å². The Morgan fingerprint density at radius 2 is 2.00 bits per heavy atom. The second-order valence-corrected chi connectivity index (χ2v) is 10.6. The molecule has 168 valence electrons. The van der Waals surface area contributed by atoms with Gasteiger partial charge in [-0.2, -0.15) is 0 Å². The monoisotopic (exact) mass is 430 g/mol. The van der Waals surface area contributed by atoms with Crippen LogP contribution in [0.25, 0.3) is 0 Å². The quantitative estimate of drug-likeness (QED) is 0.369. The van der Waals surface area contributed by atoms with Crippen molar-refractivity contribution < 1.29 is 28.2 Å². The Balaban J connectivity index is 1.50. The number of hydrogen-bond donors (Lipinski definition) is 0. The van der Waals surface area contributed by atoms with E-state index in [0.29, 0.717) is 25.2 Å². The van der Waals surface area contributed by atoms with E-state index in [4.69, 9.17) is 9.47 Å². The fourth-order valence-electron chi connectivity index (χ4n) is 7.56. The van der Waals surface area contributed by atoms with Crippen LogP contribution < -0.4 is 0 Å². The van der Waals surface area contributed by atoms with Crippen LogP contribution in [-0.2, 0) is 23.9 Å². The second kappa shape index (κ2) is 6.52. The molecule has 1 spiro atoms. The van der Waals surface area contributed by atoms with Crippen molar-refractivity contribution >= 4 is 17.7 Å². The largest absolute Gasteiger partial charge is 0.463 e. The maximum absolute atomic E-state index is 15.6. The van der Waals surface area contributed by atoms with E-state index in [1.165, 1.54) is 11.1 Å². The number of rotatable bonds is 2. The van der Waals surface area contributed by atoms with Crippen LogP contribution in [-0.4, -0.2) is 35.6 Å². The third kappa shape index (κ3) is 2.56. The minimum Gasteiger partial charge on any atom is -0.463 e. The molecule has 6 atom stereocenters.